The van der Waals surface area contributed by atoms with Crippen molar-refractivity contribution in [3.63, 3.8) is 0 Å². The van der Waals surface area contributed by atoms with E-state index in [2.05, 4.69) is 5.32 Å². The number of benzene rings is 2. The molecule has 29 heavy (non-hydrogen) atoms. The summed E-state index contributed by atoms with van der Waals surface area (Å²) in [6.07, 6.45) is 0.439. The molecule has 0 bridgehead atoms. The summed E-state index contributed by atoms with van der Waals surface area (Å²) >= 11 is 0. The Morgan fingerprint density at radius 3 is 2.38 bits per heavy atom. The van der Waals surface area contributed by atoms with Crippen molar-refractivity contribution < 1.29 is 19.1 Å². The summed E-state index contributed by atoms with van der Waals surface area (Å²) in [7, 11) is 0. The number of amides is 2. The van der Waals surface area contributed by atoms with Gasteiger partial charge in [0, 0.05) is 24.1 Å². The summed E-state index contributed by atoms with van der Waals surface area (Å²) in [4.78, 5) is 24.3. The van der Waals surface area contributed by atoms with Crippen molar-refractivity contribution in [2.45, 2.75) is 38.8 Å². The highest BCUT2D eigenvalue weighted by Crippen LogP contribution is 2.50. The molecule has 1 saturated carbocycles. The zero-order chi connectivity index (χ0) is 21.2. The van der Waals surface area contributed by atoms with Gasteiger partial charge < -0.3 is 26.3 Å². The van der Waals surface area contributed by atoms with E-state index >= 15 is 0 Å². The van der Waals surface area contributed by atoms with E-state index in [9.17, 15) is 9.59 Å². The van der Waals surface area contributed by atoms with Gasteiger partial charge >= 0.3 is 0 Å². The molecule has 1 aliphatic carbocycles. The minimum Gasteiger partial charge on any atom is -0.457 e. The fraction of sp³-hybridized carbons (Fsp3) is 0.364. The number of ether oxygens (including phenoxy) is 2. The highest BCUT2D eigenvalue weighted by Gasteiger charge is 2.62. The van der Waals surface area contributed by atoms with Crippen LogP contribution in [-0.4, -0.2) is 30.1 Å². The summed E-state index contributed by atoms with van der Waals surface area (Å²) < 4.78 is 11.4. The van der Waals surface area contributed by atoms with Gasteiger partial charge in [-0.2, -0.15) is 0 Å². The Morgan fingerprint density at radius 2 is 1.79 bits per heavy atom. The lowest BCUT2D eigenvalue weighted by atomic mass is 9.54. The number of hydrogen-bond acceptors (Lipinski definition) is 5. The fourth-order valence-corrected chi connectivity index (χ4v) is 3.56. The number of rotatable bonds is 7. The van der Waals surface area contributed by atoms with Gasteiger partial charge in [-0.25, -0.2) is 0 Å². The third-order valence-electron chi connectivity index (χ3n) is 5.73. The van der Waals surface area contributed by atoms with Crippen LogP contribution in [0.1, 0.15) is 37.6 Å². The third-order valence-corrected chi connectivity index (χ3v) is 5.73. The average Bonchev–Trinajstić information content (AvgIpc) is 2.69. The average molecular weight is 397 g/mol. The molecule has 1 fully saturated rings. The summed E-state index contributed by atoms with van der Waals surface area (Å²) in [5.74, 6) is 0.0767. The number of nitrogens with one attached hydrogen (secondary N) is 1. The Labute approximate surface area is 170 Å². The zero-order valence-electron chi connectivity index (χ0n) is 16.9. The van der Waals surface area contributed by atoms with Crippen LogP contribution in [0, 0.1) is 5.41 Å². The second kappa shape index (κ2) is 7.85. The molecule has 2 aromatic rings. The van der Waals surface area contributed by atoms with Crippen molar-refractivity contribution in [3.8, 4) is 11.5 Å². The lowest BCUT2D eigenvalue weighted by Crippen LogP contribution is -2.74. The molecule has 0 heterocycles. The van der Waals surface area contributed by atoms with Crippen LogP contribution in [0.15, 0.2) is 48.5 Å². The maximum Gasteiger partial charge on any atom is 0.252 e. The van der Waals surface area contributed by atoms with Crippen LogP contribution in [0.4, 0.5) is 5.69 Å². The van der Waals surface area contributed by atoms with E-state index in [1.165, 1.54) is 0 Å². The lowest BCUT2D eigenvalue weighted by molar-refractivity contribution is -0.166. The SMILES string of the molecule is CCOC1CC(N)(C(=O)Nc2ccc(Oc3ccccc3C(N)=O)cc2)C1(C)C. The number of primary amides is 1. The Kier molecular flexibility index (Phi) is 5.64. The molecule has 1 aliphatic rings. The van der Waals surface area contributed by atoms with Crippen LogP contribution in [0.3, 0.4) is 0 Å². The molecule has 0 saturated heterocycles. The highest BCUT2D eigenvalue weighted by atomic mass is 16.5. The number of hydrogen-bond donors (Lipinski definition) is 3. The van der Waals surface area contributed by atoms with Crippen molar-refractivity contribution in [1.29, 1.82) is 0 Å². The fourth-order valence-electron chi connectivity index (χ4n) is 3.56. The van der Waals surface area contributed by atoms with Gasteiger partial charge in [-0.1, -0.05) is 26.0 Å². The first-order valence-electron chi connectivity index (χ1n) is 9.57. The quantitative estimate of drug-likeness (QED) is 0.664. The second-order valence-corrected chi connectivity index (χ2v) is 7.78. The standard InChI is InChI=1S/C22H27N3O4/c1-4-28-18-13-22(24,21(18,2)3)20(27)25-14-9-11-15(12-10-14)29-17-8-6-5-7-16(17)19(23)26/h5-12,18H,4,13,24H2,1-3H3,(H2,23,26)(H,25,27). The molecule has 0 radical (unpaired) electrons. The molecule has 2 atom stereocenters. The van der Waals surface area contributed by atoms with Crippen LogP contribution in [-0.2, 0) is 9.53 Å². The maximum atomic E-state index is 12.8. The van der Waals surface area contributed by atoms with Crippen molar-refractivity contribution >= 4 is 17.5 Å². The monoisotopic (exact) mass is 397 g/mol. The van der Waals surface area contributed by atoms with Gasteiger partial charge in [0.15, 0.2) is 0 Å². The Hall–Kier alpha value is -2.90. The van der Waals surface area contributed by atoms with Crippen molar-refractivity contribution in [2.75, 3.05) is 11.9 Å². The van der Waals surface area contributed by atoms with Crippen LogP contribution >= 0.6 is 0 Å². The molecule has 2 aromatic carbocycles. The van der Waals surface area contributed by atoms with E-state index in [4.69, 9.17) is 20.9 Å². The first kappa shape index (κ1) is 20.8. The van der Waals surface area contributed by atoms with Crippen molar-refractivity contribution in [1.82, 2.24) is 0 Å². The number of carbonyl (C=O) groups excluding carboxylic acids is 2. The van der Waals surface area contributed by atoms with Gasteiger partial charge in [-0.3, -0.25) is 9.59 Å². The molecule has 5 N–H and O–H groups in total. The van der Waals surface area contributed by atoms with Gasteiger partial charge in [0.05, 0.1) is 11.7 Å². The molecule has 0 aromatic heterocycles. The number of anilines is 1. The first-order valence-corrected chi connectivity index (χ1v) is 9.57. The molecular formula is C22H27N3O4. The van der Waals surface area contributed by atoms with E-state index in [0.717, 1.165) is 0 Å². The third kappa shape index (κ3) is 3.83. The predicted octanol–water partition coefficient (Wildman–Crippen LogP) is 3.05. The van der Waals surface area contributed by atoms with Crippen molar-refractivity contribution in [2.24, 2.45) is 16.9 Å². The summed E-state index contributed by atoms with van der Waals surface area (Å²) in [5, 5.41) is 2.87. The number of para-hydroxylation sites is 1. The molecule has 2 unspecified atom stereocenters. The molecule has 7 nitrogen and oxygen atoms in total. The van der Waals surface area contributed by atoms with Gasteiger partial charge in [0.25, 0.3) is 5.91 Å². The molecule has 3 rings (SSSR count). The second-order valence-electron chi connectivity index (χ2n) is 7.78. The molecule has 0 aliphatic heterocycles. The van der Waals surface area contributed by atoms with E-state index in [1.54, 1.807) is 48.5 Å². The van der Waals surface area contributed by atoms with Gasteiger partial charge in [0.1, 0.15) is 17.0 Å². The largest absolute Gasteiger partial charge is 0.457 e. The van der Waals surface area contributed by atoms with Crippen LogP contribution in [0.5, 0.6) is 11.5 Å². The first-order chi connectivity index (χ1) is 13.7. The van der Waals surface area contributed by atoms with Crippen LogP contribution in [0.2, 0.25) is 0 Å². The van der Waals surface area contributed by atoms with E-state index in [1.807, 2.05) is 20.8 Å². The Balaban J connectivity index is 1.67. The van der Waals surface area contributed by atoms with E-state index < -0.39 is 16.9 Å². The van der Waals surface area contributed by atoms with Crippen molar-refractivity contribution in [3.05, 3.63) is 54.1 Å². The topological polar surface area (TPSA) is 117 Å². The molecule has 0 spiro atoms. The predicted molar refractivity (Wildman–Crippen MR) is 111 cm³/mol. The molecule has 7 heteroatoms. The molecule has 2 amide bonds. The summed E-state index contributed by atoms with van der Waals surface area (Å²) in [5.41, 5.74) is 11.2. The zero-order valence-corrected chi connectivity index (χ0v) is 16.9. The highest BCUT2D eigenvalue weighted by molar-refractivity contribution is 6.00. The van der Waals surface area contributed by atoms with E-state index in [-0.39, 0.29) is 12.0 Å². The maximum absolute atomic E-state index is 12.8. The van der Waals surface area contributed by atoms with Gasteiger partial charge in [-0.15, -0.1) is 0 Å². The Morgan fingerprint density at radius 1 is 1.14 bits per heavy atom. The smallest absolute Gasteiger partial charge is 0.252 e. The lowest BCUT2D eigenvalue weighted by Gasteiger charge is -2.57. The minimum atomic E-state index is -0.998. The molecule has 154 valence electrons. The summed E-state index contributed by atoms with van der Waals surface area (Å²) in [6.45, 7) is 6.41. The van der Waals surface area contributed by atoms with Crippen LogP contribution in [0.25, 0.3) is 0 Å². The van der Waals surface area contributed by atoms with Gasteiger partial charge in [0.2, 0.25) is 5.91 Å². The van der Waals surface area contributed by atoms with Gasteiger partial charge in [-0.05, 0) is 43.3 Å². The minimum absolute atomic E-state index is 0.0376. The normalized spacial score (nSPS) is 22.4. The summed E-state index contributed by atoms with van der Waals surface area (Å²) in [6, 6.07) is 13.6. The Bertz CT molecular complexity index is 911. The number of carbonyl (C=O) groups is 2. The number of nitrogens with two attached hydrogens (primary N) is 2. The molecular weight excluding hydrogens is 370 g/mol. The van der Waals surface area contributed by atoms with Crippen LogP contribution < -0.4 is 21.5 Å². The van der Waals surface area contributed by atoms with E-state index in [0.29, 0.717) is 35.8 Å².